The highest BCUT2D eigenvalue weighted by Crippen LogP contribution is 2.26. The third-order valence-electron chi connectivity index (χ3n) is 3.26. The first-order chi connectivity index (χ1) is 8.74. The number of aromatic nitrogens is 2. The summed E-state index contributed by atoms with van der Waals surface area (Å²) in [5.41, 5.74) is 1.58. The van der Waals surface area contributed by atoms with Crippen molar-refractivity contribution >= 4 is 5.95 Å². The first-order valence-electron chi connectivity index (χ1n) is 6.13. The van der Waals surface area contributed by atoms with E-state index in [1.165, 1.54) is 12.8 Å². The molecule has 0 atom stereocenters. The predicted octanol–water partition coefficient (Wildman–Crippen LogP) is 2.35. The van der Waals surface area contributed by atoms with Crippen LogP contribution in [0.5, 0.6) is 5.75 Å². The summed E-state index contributed by atoms with van der Waals surface area (Å²) < 4.78 is 5.24. The van der Waals surface area contributed by atoms with E-state index in [2.05, 4.69) is 15.0 Å². The molecule has 0 radical (unpaired) electrons. The monoisotopic (exact) mass is 245 g/mol. The Morgan fingerprint density at radius 1 is 1.28 bits per heavy atom. The molecular formula is C13H15N3O2. The molecule has 1 aliphatic heterocycles. The standard InChI is InChI=1S/C13H15N3O2/c1-9-4-5-10(8-11(9)17)12-14-13(15-18-12)16-6-2-3-7-16/h4-5,8,17H,2-3,6-7H2,1H3. The van der Waals surface area contributed by atoms with Gasteiger partial charge in [-0.05, 0) is 42.6 Å². The summed E-state index contributed by atoms with van der Waals surface area (Å²) in [5.74, 6) is 1.34. The zero-order chi connectivity index (χ0) is 12.5. The minimum Gasteiger partial charge on any atom is -0.508 e. The van der Waals surface area contributed by atoms with Crippen LogP contribution in [0.15, 0.2) is 22.7 Å². The topological polar surface area (TPSA) is 62.4 Å². The molecule has 1 aliphatic rings. The molecule has 5 heteroatoms. The van der Waals surface area contributed by atoms with Gasteiger partial charge in [-0.15, -0.1) is 0 Å². The fourth-order valence-electron chi connectivity index (χ4n) is 2.12. The van der Waals surface area contributed by atoms with Gasteiger partial charge in [0.15, 0.2) is 0 Å². The average molecular weight is 245 g/mol. The van der Waals surface area contributed by atoms with Crippen molar-refractivity contribution in [3.63, 3.8) is 0 Å². The highest BCUT2D eigenvalue weighted by molar-refractivity contribution is 5.58. The molecule has 0 amide bonds. The van der Waals surface area contributed by atoms with Gasteiger partial charge in [-0.25, -0.2) is 0 Å². The van der Waals surface area contributed by atoms with Crippen LogP contribution < -0.4 is 4.90 Å². The molecular weight excluding hydrogens is 230 g/mol. The second kappa shape index (κ2) is 4.33. The van der Waals surface area contributed by atoms with Crippen LogP contribution in [-0.4, -0.2) is 28.3 Å². The Labute approximate surface area is 105 Å². The first kappa shape index (κ1) is 11.1. The van der Waals surface area contributed by atoms with Crippen LogP contribution in [0.2, 0.25) is 0 Å². The van der Waals surface area contributed by atoms with Crippen LogP contribution >= 0.6 is 0 Å². The number of hydrogen-bond acceptors (Lipinski definition) is 5. The lowest BCUT2D eigenvalue weighted by Crippen LogP contribution is -2.18. The Bertz CT molecular complexity index is 559. The lowest BCUT2D eigenvalue weighted by atomic mass is 10.1. The zero-order valence-electron chi connectivity index (χ0n) is 10.3. The average Bonchev–Trinajstić information content (AvgIpc) is 3.01. The van der Waals surface area contributed by atoms with E-state index in [4.69, 9.17) is 4.52 Å². The number of benzene rings is 1. The number of anilines is 1. The predicted molar refractivity (Wildman–Crippen MR) is 67.6 cm³/mol. The van der Waals surface area contributed by atoms with Crippen LogP contribution in [0, 0.1) is 6.92 Å². The molecule has 0 spiro atoms. The van der Waals surface area contributed by atoms with Crippen LogP contribution in [-0.2, 0) is 0 Å². The van der Waals surface area contributed by atoms with E-state index in [0.717, 1.165) is 24.2 Å². The van der Waals surface area contributed by atoms with Gasteiger partial charge in [0.1, 0.15) is 5.75 Å². The van der Waals surface area contributed by atoms with Crippen molar-refractivity contribution in [2.24, 2.45) is 0 Å². The lowest BCUT2D eigenvalue weighted by Gasteiger charge is -2.09. The fraction of sp³-hybridized carbons (Fsp3) is 0.385. The molecule has 5 nitrogen and oxygen atoms in total. The number of nitrogens with zero attached hydrogens (tertiary/aromatic N) is 3. The normalized spacial score (nSPS) is 15.3. The Morgan fingerprint density at radius 2 is 2.06 bits per heavy atom. The highest BCUT2D eigenvalue weighted by atomic mass is 16.5. The van der Waals surface area contributed by atoms with Gasteiger partial charge >= 0.3 is 0 Å². The molecule has 2 aromatic rings. The van der Waals surface area contributed by atoms with Gasteiger partial charge in [0.05, 0.1) is 0 Å². The molecule has 0 saturated carbocycles. The number of phenolic OH excluding ortho intramolecular Hbond substituents is 1. The van der Waals surface area contributed by atoms with Crippen molar-refractivity contribution in [1.29, 1.82) is 0 Å². The number of aryl methyl sites for hydroxylation is 1. The molecule has 1 aromatic carbocycles. The van der Waals surface area contributed by atoms with Gasteiger partial charge in [0.25, 0.3) is 11.8 Å². The molecule has 18 heavy (non-hydrogen) atoms. The van der Waals surface area contributed by atoms with Crippen molar-refractivity contribution in [3.8, 4) is 17.2 Å². The second-order valence-electron chi connectivity index (χ2n) is 4.59. The first-order valence-corrected chi connectivity index (χ1v) is 6.13. The van der Waals surface area contributed by atoms with Crippen molar-refractivity contribution in [2.75, 3.05) is 18.0 Å². The van der Waals surface area contributed by atoms with Crippen molar-refractivity contribution < 1.29 is 9.63 Å². The van der Waals surface area contributed by atoms with Gasteiger partial charge in [-0.2, -0.15) is 4.98 Å². The van der Waals surface area contributed by atoms with E-state index >= 15 is 0 Å². The number of rotatable bonds is 2. The molecule has 1 saturated heterocycles. The highest BCUT2D eigenvalue weighted by Gasteiger charge is 2.18. The summed E-state index contributed by atoms with van der Waals surface area (Å²) in [4.78, 5) is 6.48. The van der Waals surface area contributed by atoms with Gasteiger partial charge in [0, 0.05) is 18.7 Å². The van der Waals surface area contributed by atoms with Crippen LogP contribution in [0.4, 0.5) is 5.95 Å². The summed E-state index contributed by atoms with van der Waals surface area (Å²) >= 11 is 0. The molecule has 3 rings (SSSR count). The summed E-state index contributed by atoms with van der Waals surface area (Å²) in [6, 6.07) is 5.36. The van der Waals surface area contributed by atoms with E-state index < -0.39 is 0 Å². The quantitative estimate of drug-likeness (QED) is 0.880. The van der Waals surface area contributed by atoms with E-state index in [1.807, 2.05) is 19.1 Å². The summed E-state index contributed by atoms with van der Waals surface area (Å²) in [7, 11) is 0. The van der Waals surface area contributed by atoms with E-state index in [1.54, 1.807) is 6.07 Å². The van der Waals surface area contributed by atoms with Crippen molar-refractivity contribution in [2.45, 2.75) is 19.8 Å². The largest absolute Gasteiger partial charge is 0.508 e. The molecule has 0 aliphatic carbocycles. The van der Waals surface area contributed by atoms with Crippen LogP contribution in [0.25, 0.3) is 11.5 Å². The zero-order valence-corrected chi connectivity index (χ0v) is 10.3. The molecule has 0 unspecified atom stereocenters. The summed E-state index contributed by atoms with van der Waals surface area (Å²) in [5, 5.41) is 13.7. The molecule has 2 heterocycles. The number of aromatic hydroxyl groups is 1. The second-order valence-corrected chi connectivity index (χ2v) is 4.59. The molecule has 1 aromatic heterocycles. The fourth-order valence-corrected chi connectivity index (χ4v) is 2.12. The van der Waals surface area contributed by atoms with Crippen molar-refractivity contribution in [3.05, 3.63) is 23.8 Å². The number of hydrogen-bond donors (Lipinski definition) is 1. The maximum absolute atomic E-state index is 9.68. The number of phenols is 1. The molecule has 94 valence electrons. The summed E-state index contributed by atoms with van der Waals surface area (Å²) in [6.07, 6.45) is 2.35. The van der Waals surface area contributed by atoms with E-state index in [9.17, 15) is 5.11 Å². The third kappa shape index (κ3) is 1.92. The van der Waals surface area contributed by atoms with Gasteiger partial charge in [0.2, 0.25) is 0 Å². The minimum atomic E-state index is 0.244. The SMILES string of the molecule is Cc1ccc(-c2nc(N3CCCC3)no2)cc1O. The lowest BCUT2D eigenvalue weighted by molar-refractivity contribution is 0.429. The molecule has 1 N–H and O–H groups in total. The van der Waals surface area contributed by atoms with Crippen molar-refractivity contribution in [1.82, 2.24) is 10.1 Å². The smallest absolute Gasteiger partial charge is 0.266 e. The Hall–Kier alpha value is -2.04. The van der Waals surface area contributed by atoms with Crippen LogP contribution in [0.1, 0.15) is 18.4 Å². The van der Waals surface area contributed by atoms with E-state index in [0.29, 0.717) is 11.8 Å². The van der Waals surface area contributed by atoms with E-state index in [-0.39, 0.29) is 5.75 Å². The minimum absolute atomic E-state index is 0.244. The van der Waals surface area contributed by atoms with Gasteiger partial charge < -0.3 is 14.5 Å². The van der Waals surface area contributed by atoms with Gasteiger partial charge in [-0.3, -0.25) is 0 Å². The third-order valence-corrected chi connectivity index (χ3v) is 3.26. The Balaban J connectivity index is 1.89. The molecule has 0 bridgehead atoms. The maximum Gasteiger partial charge on any atom is 0.266 e. The maximum atomic E-state index is 9.68. The molecule has 1 fully saturated rings. The van der Waals surface area contributed by atoms with Gasteiger partial charge in [-0.1, -0.05) is 6.07 Å². The Morgan fingerprint density at radius 3 is 2.78 bits per heavy atom. The Kier molecular flexibility index (Phi) is 2.66. The summed E-state index contributed by atoms with van der Waals surface area (Å²) in [6.45, 7) is 3.82. The van der Waals surface area contributed by atoms with Crippen LogP contribution in [0.3, 0.4) is 0 Å².